The van der Waals surface area contributed by atoms with E-state index in [-0.39, 0.29) is 0 Å². The molecule has 82 valence electrons. The van der Waals surface area contributed by atoms with E-state index in [0.717, 1.165) is 5.69 Å². The number of nitrogens with one attached hydrogen (secondary N) is 1. The summed E-state index contributed by atoms with van der Waals surface area (Å²) in [5, 5.41) is 4.99. The molecule has 1 aromatic heterocycles. The molecule has 2 aromatic rings. The van der Waals surface area contributed by atoms with Crippen molar-refractivity contribution in [1.29, 1.82) is 0 Å². The van der Waals surface area contributed by atoms with Crippen LogP contribution in [0.4, 0.5) is 5.69 Å². The highest BCUT2D eigenvalue weighted by Gasteiger charge is 1.97. The zero-order chi connectivity index (χ0) is 11.4. The molecule has 0 aliphatic carbocycles. The summed E-state index contributed by atoms with van der Waals surface area (Å²) in [4.78, 5) is 0. The molecule has 2 rings (SSSR count). The summed E-state index contributed by atoms with van der Waals surface area (Å²) in [6, 6.07) is 8.78. The van der Waals surface area contributed by atoms with Crippen LogP contribution in [0.25, 0.3) is 0 Å². The van der Waals surface area contributed by atoms with E-state index >= 15 is 0 Å². The van der Waals surface area contributed by atoms with Gasteiger partial charge in [0.15, 0.2) is 0 Å². The first-order chi connectivity index (χ1) is 7.75. The van der Waals surface area contributed by atoms with Gasteiger partial charge < -0.3 is 4.42 Å². The molecule has 0 aliphatic heterocycles. The normalized spacial score (nSPS) is 10.9. The molecular weight excluding hydrogens is 247 g/mol. The van der Waals surface area contributed by atoms with E-state index in [9.17, 15) is 0 Å². The maximum Gasteiger partial charge on any atom is 0.146 e. The molecule has 1 aromatic carbocycles. The van der Waals surface area contributed by atoms with Crippen LogP contribution in [0.2, 0.25) is 10.0 Å². The predicted octanol–water partition coefficient (Wildman–Crippen LogP) is 4.03. The highest BCUT2D eigenvalue weighted by molar-refractivity contribution is 6.42. The molecule has 0 atom stereocenters. The molecule has 0 bridgehead atoms. The Morgan fingerprint density at radius 3 is 2.75 bits per heavy atom. The van der Waals surface area contributed by atoms with Crippen molar-refractivity contribution in [3.8, 4) is 0 Å². The van der Waals surface area contributed by atoms with Crippen LogP contribution in [-0.2, 0) is 0 Å². The van der Waals surface area contributed by atoms with Gasteiger partial charge in [0.2, 0.25) is 0 Å². The molecule has 1 N–H and O–H groups in total. The van der Waals surface area contributed by atoms with Crippen molar-refractivity contribution in [3.63, 3.8) is 0 Å². The number of hydrogen-bond acceptors (Lipinski definition) is 3. The number of hydrogen-bond donors (Lipinski definition) is 1. The SMILES string of the molecule is Clc1ccc(NN=Cc2ccco2)cc1Cl. The Morgan fingerprint density at radius 2 is 2.06 bits per heavy atom. The Bertz CT molecular complexity index is 495. The summed E-state index contributed by atoms with van der Waals surface area (Å²) in [6.45, 7) is 0. The monoisotopic (exact) mass is 254 g/mol. The summed E-state index contributed by atoms with van der Waals surface area (Å²) in [6.07, 6.45) is 3.16. The zero-order valence-corrected chi connectivity index (χ0v) is 9.66. The molecule has 1 heterocycles. The van der Waals surface area contributed by atoms with Gasteiger partial charge in [-0.3, -0.25) is 5.43 Å². The lowest BCUT2D eigenvalue weighted by molar-refractivity contribution is 0.560. The van der Waals surface area contributed by atoms with Crippen LogP contribution < -0.4 is 5.43 Å². The Labute approximate surface area is 103 Å². The Kier molecular flexibility index (Phi) is 3.49. The number of benzene rings is 1. The van der Waals surface area contributed by atoms with Gasteiger partial charge in [-0.25, -0.2) is 0 Å². The maximum absolute atomic E-state index is 5.85. The Morgan fingerprint density at radius 1 is 1.19 bits per heavy atom. The average molecular weight is 255 g/mol. The third-order valence-corrected chi connectivity index (χ3v) is 2.59. The van der Waals surface area contributed by atoms with Gasteiger partial charge in [-0.15, -0.1) is 0 Å². The van der Waals surface area contributed by atoms with Crippen molar-refractivity contribution in [1.82, 2.24) is 0 Å². The second-order valence-corrected chi connectivity index (χ2v) is 3.83. The van der Waals surface area contributed by atoms with Gasteiger partial charge in [0.1, 0.15) is 5.76 Å². The fourth-order valence-corrected chi connectivity index (χ4v) is 1.40. The van der Waals surface area contributed by atoms with Crippen LogP contribution in [0.3, 0.4) is 0 Å². The molecule has 0 fully saturated rings. The highest BCUT2D eigenvalue weighted by atomic mass is 35.5. The first kappa shape index (κ1) is 11.0. The van der Waals surface area contributed by atoms with Crippen LogP contribution in [-0.4, -0.2) is 6.21 Å². The number of furan rings is 1. The summed E-state index contributed by atoms with van der Waals surface area (Å²) in [7, 11) is 0. The number of anilines is 1. The van der Waals surface area contributed by atoms with Gasteiger partial charge in [0, 0.05) is 0 Å². The van der Waals surface area contributed by atoms with E-state index < -0.39 is 0 Å². The molecule has 0 saturated heterocycles. The number of rotatable bonds is 3. The van der Waals surface area contributed by atoms with Crippen LogP contribution in [0.5, 0.6) is 0 Å². The molecule has 0 spiro atoms. The smallest absolute Gasteiger partial charge is 0.146 e. The average Bonchev–Trinajstić information content (AvgIpc) is 2.76. The molecule has 0 unspecified atom stereocenters. The van der Waals surface area contributed by atoms with Gasteiger partial charge in [0.25, 0.3) is 0 Å². The van der Waals surface area contributed by atoms with Gasteiger partial charge in [0.05, 0.1) is 28.2 Å². The van der Waals surface area contributed by atoms with Crippen molar-refractivity contribution in [2.75, 3.05) is 5.43 Å². The second kappa shape index (κ2) is 5.05. The molecule has 0 amide bonds. The van der Waals surface area contributed by atoms with E-state index in [1.165, 1.54) is 0 Å². The summed E-state index contributed by atoms with van der Waals surface area (Å²) < 4.78 is 5.08. The Hall–Kier alpha value is -1.45. The largest absolute Gasteiger partial charge is 0.463 e. The summed E-state index contributed by atoms with van der Waals surface area (Å²) >= 11 is 11.6. The minimum absolute atomic E-state index is 0.486. The van der Waals surface area contributed by atoms with Crippen molar-refractivity contribution < 1.29 is 4.42 Å². The number of hydrazone groups is 1. The van der Waals surface area contributed by atoms with Gasteiger partial charge in [-0.05, 0) is 30.3 Å². The van der Waals surface area contributed by atoms with Crippen LogP contribution in [0.15, 0.2) is 46.1 Å². The van der Waals surface area contributed by atoms with Crippen molar-refractivity contribution >= 4 is 35.1 Å². The minimum Gasteiger partial charge on any atom is -0.463 e. The quantitative estimate of drug-likeness (QED) is 0.664. The molecule has 5 heteroatoms. The lowest BCUT2D eigenvalue weighted by Gasteiger charge is -2.01. The first-order valence-corrected chi connectivity index (χ1v) is 5.29. The van der Waals surface area contributed by atoms with E-state index in [4.69, 9.17) is 27.6 Å². The fraction of sp³-hybridized carbons (Fsp3) is 0. The molecule has 3 nitrogen and oxygen atoms in total. The Balaban J connectivity index is 2.02. The first-order valence-electron chi connectivity index (χ1n) is 4.53. The van der Waals surface area contributed by atoms with Gasteiger partial charge in [-0.1, -0.05) is 23.2 Å². The van der Waals surface area contributed by atoms with Crippen LogP contribution >= 0.6 is 23.2 Å². The third-order valence-electron chi connectivity index (χ3n) is 1.85. The van der Waals surface area contributed by atoms with Crippen molar-refractivity contribution in [2.45, 2.75) is 0 Å². The lowest BCUT2D eigenvalue weighted by Crippen LogP contribution is -1.89. The predicted molar refractivity (Wildman–Crippen MR) is 66.4 cm³/mol. The number of nitrogens with zero attached hydrogens (tertiary/aromatic N) is 1. The maximum atomic E-state index is 5.85. The number of halogens is 2. The molecular formula is C11H8Cl2N2O. The van der Waals surface area contributed by atoms with E-state index in [1.54, 1.807) is 42.8 Å². The van der Waals surface area contributed by atoms with E-state index in [0.29, 0.717) is 15.8 Å². The summed E-state index contributed by atoms with van der Waals surface area (Å²) in [5.41, 5.74) is 3.58. The molecule has 0 aliphatic rings. The van der Waals surface area contributed by atoms with Gasteiger partial charge >= 0.3 is 0 Å². The van der Waals surface area contributed by atoms with E-state index in [1.807, 2.05) is 0 Å². The lowest BCUT2D eigenvalue weighted by atomic mass is 10.3. The topological polar surface area (TPSA) is 37.5 Å². The minimum atomic E-state index is 0.486. The highest BCUT2D eigenvalue weighted by Crippen LogP contribution is 2.24. The second-order valence-electron chi connectivity index (χ2n) is 3.01. The molecule has 0 radical (unpaired) electrons. The van der Waals surface area contributed by atoms with Crippen molar-refractivity contribution in [2.24, 2.45) is 5.10 Å². The van der Waals surface area contributed by atoms with Crippen LogP contribution in [0.1, 0.15) is 5.76 Å². The molecule has 0 saturated carbocycles. The van der Waals surface area contributed by atoms with E-state index in [2.05, 4.69) is 10.5 Å². The standard InChI is InChI=1S/C11H8Cl2N2O/c12-10-4-3-8(6-11(10)13)15-14-7-9-2-1-5-16-9/h1-7,15H. The fourth-order valence-electron chi connectivity index (χ4n) is 1.10. The zero-order valence-electron chi connectivity index (χ0n) is 8.15. The third kappa shape index (κ3) is 2.78. The van der Waals surface area contributed by atoms with Crippen LogP contribution in [0, 0.1) is 0 Å². The summed E-state index contributed by atoms with van der Waals surface area (Å²) in [5.74, 6) is 0.674. The molecule has 16 heavy (non-hydrogen) atoms. The van der Waals surface area contributed by atoms with Crippen molar-refractivity contribution in [3.05, 3.63) is 52.4 Å². The van der Waals surface area contributed by atoms with Gasteiger partial charge in [-0.2, -0.15) is 5.10 Å².